The summed E-state index contributed by atoms with van der Waals surface area (Å²) in [5.74, 6) is 7.84. The molecule has 3 heterocycles. The highest BCUT2D eigenvalue weighted by molar-refractivity contribution is 9.10. The summed E-state index contributed by atoms with van der Waals surface area (Å²) in [6.07, 6.45) is 8.00. The number of benzene rings is 1. The largest absolute Gasteiger partial charge is 0.489 e. The average Bonchev–Trinajstić information content (AvgIpc) is 3.35. The van der Waals surface area contributed by atoms with Crippen molar-refractivity contribution in [2.75, 3.05) is 32.7 Å². The van der Waals surface area contributed by atoms with Gasteiger partial charge >= 0.3 is 6.09 Å². The van der Waals surface area contributed by atoms with Crippen LogP contribution in [0.15, 0.2) is 39.8 Å². The molecule has 2 saturated heterocycles. The molecule has 2 aliphatic carbocycles. The van der Waals surface area contributed by atoms with Crippen molar-refractivity contribution in [1.82, 2.24) is 14.7 Å². The number of nitrogens with zero attached hydrogens (tertiary/aromatic N) is 5. The molecule has 2 saturated carbocycles. The Balaban J connectivity index is 1.02. The Hall–Kier alpha value is -3.34. The van der Waals surface area contributed by atoms with E-state index in [0.717, 1.165) is 44.5 Å². The quantitative estimate of drug-likeness (QED) is 0.243. The summed E-state index contributed by atoms with van der Waals surface area (Å²) in [4.78, 5) is 41.2. The summed E-state index contributed by atoms with van der Waals surface area (Å²) in [6, 6.07) is 5.89. The third-order valence-electron chi connectivity index (χ3n) is 11.1. The Morgan fingerprint density at radius 1 is 1.06 bits per heavy atom. The molecule has 0 spiro atoms. The van der Waals surface area contributed by atoms with E-state index in [2.05, 4.69) is 65.2 Å². The smallest absolute Gasteiger partial charge is 0.410 e. The Labute approximate surface area is 300 Å². The van der Waals surface area contributed by atoms with Gasteiger partial charge in [0.1, 0.15) is 23.2 Å². The van der Waals surface area contributed by atoms with Crippen LogP contribution in [-0.2, 0) is 9.53 Å². The number of ether oxygens (including phenoxy) is 2. The van der Waals surface area contributed by atoms with Crippen LogP contribution in [0.5, 0.6) is 5.75 Å². The molecule has 3 aliphatic heterocycles. The standard InChI is InChI=1S/C39H50BrN5O4/c1-37(2,3)49-36(47)44-21-19-43(20-22-44)27-14-10-25(11-15-27)9-12-26-13-17-29-32(42-26)24-45(33(29)46)34-38(4,5)35(39(34,6)7)48-28-16-18-31(41-8)30(40)23-28/h13,16-18,23,25,27,29,32,34-35H,10-11,14-15,19-22,24H2,1-7H3. The molecule has 1 aromatic carbocycles. The van der Waals surface area contributed by atoms with E-state index in [9.17, 15) is 9.59 Å². The van der Waals surface area contributed by atoms with Gasteiger partial charge in [0.15, 0.2) is 0 Å². The molecule has 6 rings (SSSR count). The van der Waals surface area contributed by atoms with Gasteiger partial charge in [0.05, 0.1) is 18.5 Å². The molecular weight excluding hydrogens is 682 g/mol. The number of carbonyl (C=O) groups excluding carboxylic acids is 2. The minimum atomic E-state index is -0.470. The van der Waals surface area contributed by atoms with Crippen LogP contribution in [0.2, 0.25) is 0 Å². The molecule has 2 unspecified atom stereocenters. The highest BCUT2D eigenvalue weighted by Gasteiger charge is 2.67. The van der Waals surface area contributed by atoms with Crippen LogP contribution in [0.1, 0.15) is 74.1 Å². The van der Waals surface area contributed by atoms with E-state index in [4.69, 9.17) is 21.0 Å². The number of rotatable bonds is 4. The van der Waals surface area contributed by atoms with Crippen LogP contribution < -0.4 is 4.74 Å². The number of aliphatic imine (C=N–C) groups is 1. The first-order chi connectivity index (χ1) is 23.1. The summed E-state index contributed by atoms with van der Waals surface area (Å²) in [5.41, 5.74) is 0.299. The third kappa shape index (κ3) is 7.14. The number of piperazine rings is 1. The zero-order valence-electron chi connectivity index (χ0n) is 30.0. The molecule has 9 nitrogen and oxygen atoms in total. The van der Waals surface area contributed by atoms with E-state index in [1.165, 1.54) is 0 Å². The number of amides is 2. The van der Waals surface area contributed by atoms with Crippen LogP contribution >= 0.6 is 15.9 Å². The number of carbonyl (C=O) groups is 2. The van der Waals surface area contributed by atoms with E-state index in [1.54, 1.807) is 6.07 Å². The zero-order valence-corrected chi connectivity index (χ0v) is 31.5. The summed E-state index contributed by atoms with van der Waals surface area (Å²) in [7, 11) is 0. The van der Waals surface area contributed by atoms with Crippen molar-refractivity contribution in [1.29, 1.82) is 0 Å². The van der Waals surface area contributed by atoms with Gasteiger partial charge in [0.25, 0.3) is 0 Å². The predicted molar refractivity (Wildman–Crippen MR) is 195 cm³/mol. The topological polar surface area (TPSA) is 79.0 Å². The highest BCUT2D eigenvalue weighted by atomic mass is 79.9. The van der Waals surface area contributed by atoms with Crippen molar-refractivity contribution in [3.63, 3.8) is 0 Å². The van der Waals surface area contributed by atoms with Gasteiger partial charge in [-0.2, -0.15) is 0 Å². The molecule has 1 aromatic rings. The minimum absolute atomic E-state index is 0.00246. The van der Waals surface area contributed by atoms with Gasteiger partial charge in [-0.1, -0.05) is 61.7 Å². The average molecular weight is 733 g/mol. The van der Waals surface area contributed by atoms with Gasteiger partial charge < -0.3 is 19.3 Å². The van der Waals surface area contributed by atoms with Crippen molar-refractivity contribution in [3.8, 4) is 17.6 Å². The van der Waals surface area contributed by atoms with Crippen molar-refractivity contribution in [2.24, 2.45) is 27.7 Å². The number of dihydropyridines is 1. The predicted octanol–water partition coefficient (Wildman–Crippen LogP) is 7.13. The molecule has 262 valence electrons. The lowest BCUT2D eigenvalue weighted by molar-refractivity contribution is -0.208. The van der Waals surface area contributed by atoms with Gasteiger partial charge in [-0.05, 0) is 70.6 Å². The number of hydrogen-bond acceptors (Lipinski definition) is 6. The Bertz CT molecular complexity index is 1610. The number of halogens is 1. The second kappa shape index (κ2) is 13.4. The first-order valence-corrected chi connectivity index (χ1v) is 18.5. The van der Waals surface area contributed by atoms with E-state index in [1.807, 2.05) is 54.9 Å². The summed E-state index contributed by atoms with van der Waals surface area (Å²) in [5, 5.41) is 0. The molecule has 49 heavy (non-hydrogen) atoms. The Morgan fingerprint density at radius 2 is 1.73 bits per heavy atom. The van der Waals surface area contributed by atoms with Gasteiger partial charge in [-0.3, -0.25) is 14.7 Å². The maximum atomic E-state index is 13.8. The maximum Gasteiger partial charge on any atom is 0.410 e. The molecule has 0 radical (unpaired) electrons. The summed E-state index contributed by atoms with van der Waals surface area (Å²) < 4.78 is 12.8. The van der Waals surface area contributed by atoms with Crippen LogP contribution in [-0.4, -0.2) is 95.0 Å². The SMILES string of the molecule is [C-]#[N+]c1ccc(OC2C(C)(C)C(N3CC4N=C(C#CC5CCC(N6CCN(C(=O)OC(C)(C)C)CC6)CC5)C=CC4C3=O)C2(C)C)cc1Br. The van der Waals surface area contributed by atoms with E-state index >= 15 is 0 Å². The summed E-state index contributed by atoms with van der Waals surface area (Å²) in [6.45, 7) is 25.5. The van der Waals surface area contributed by atoms with Gasteiger partial charge in [0.2, 0.25) is 11.6 Å². The number of allylic oxidation sites excluding steroid dienone is 1. The lowest BCUT2D eigenvalue weighted by Gasteiger charge is -2.65. The van der Waals surface area contributed by atoms with E-state index in [-0.39, 0.29) is 46.9 Å². The summed E-state index contributed by atoms with van der Waals surface area (Å²) >= 11 is 3.48. The van der Waals surface area contributed by atoms with Crippen LogP contribution in [0.25, 0.3) is 4.85 Å². The molecule has 2 atom stereocenters. The van der Waals surface area contributed by atoms with Crippen molar-refractivity contribution in [2.45, 2.75) is 104 Å². The second-order valence-electron chi connectivity index (χ2n) is 16.5. The van der Waals surface area contributed by atoms with Crippen molar-refractivity contribution in [3.05, 3.63) is 46.2 Å². The monoisotopic (exact) mass is 731 g/mol. The maximum absolute atomic E-state index is 13.8. The van der Waals surface area contributed by atoms with Crippen LogP contribution in [0.4, 0.5) is 10.5 Å². The first kappa shape index (κ1) is 35.5. The van der Waals surface area contributed by atoms with Crippen LogP contribution in [0, 0.1) is 41.1 Å². The van der Waals surface area contributed by atoms with Gasteiger partial charge in [0, 0.05) is 66.0 Å². The lowest BCUT2D eigenvalue weighted by atomic mass is 9.49. The fourth-order valence-electron chi connectivity index (χ4n) is 9.18. The molecule has 0 N–H and O–H groups in total. The molecule has 2 amide bonds. The first-order valence-electron chi connectivity index (χ1n) is 17.7. The lowest BCUT2D eigenvalue weighted by Crippen LogP contribution is -2.75. The van der Waals surface area contributed by atoms with Crippen molar-refractivity contribution >= 4 is 39.3 Å². The van der Waals surface area contributed by atoms with Crippen LogP contribution in [0.3, 0.4) is 0 Å². The molecule has 10 heteroatoms. The van der Waals surface area contributed by atoms with Gasteiger partial charge in [-0.25, -0.2) is 9.64 Å². The number of likely N-dealkylation sites (tertiary alicyclic amines) is 1. The van der Waals surface area contributed by atoms with E-state index in [0.29, 0.717) is 47.5 Å². The van der Waals surface area contributed by atoms with E-state index < -0.39 is 5.60 Å². The highest BCUT2D eigenvalue weighted by Crippen LogP contribution is 2.59. The second-order valence-corrected chi connectivity index (χ2v) is 17.4. The Kier molecular flexibility index (Phi) is 9.72. The molecule has 0 aromatic heterocycles. The Morgan fingerprint density at radius 3 is 2.35 bits per heavy atom. The number of fused-ring (bicyclic) bond motifs is 1. The molecule has 5 aliphatic rings. The minimum Gasteiger partial charge on any atom is -0.489 e. The zero-order chi connectivity index (χ0) is 35.3. The molecule has 4 fully saturated rings. The van der Waals surface area contributed by atoms with Crippen molar-refractivity contribution < 1.29 is 19.1 Å². The molecular formula is C39H50BrN5O4. The third-order valence-corrected chi connectivity index (χ3v) is 11.7. The fourth-order valence-corrected chi connectivity index (χ4v) is 9.62. The normalized spacial score (nSPS) is 30.7. The number of hydrogen-bond donors (Lipinski definition) is 0. The van der Waals surface area contributed by atoms with Gasteiger partial charge in [-0.15, -0.1) is 0 Å². The fraction of sp³-hybridized carbons (Fsp3) is 0.641. The molecule has 0 bridgehead atoms.